The summed E-state index contributed by atoms with van der Waals surface area (Å²) >= 11 is 0. The van der Waals surface area contributed by atoms with E-state index in [1.807, 2.05) is 6.07 Å². The molecule has 2 aromatic rings. The molecule has 2 aliphatic rings. The van der Waals surface area contributed by atoms with Crippen LogP contribution in [0.3, 0.4) is 0 Å². The Bertz CT molecular complexity index is 617. The van der Waals surface area contributed by atoms with Gasteiger partial charge in [-0.15, -0.1) is 10.2 Å². The van der Waals surface area contributed by atoms with E-state index in [1.165, 1.54) is 30.7 Å². The first-order chi connectivity index (χ1) is 10.9. The summed E-state index contributed by atoms with van der Waals surface area (Å²) in [6.45, 7) is 2.86. The zero-order chi connectivity index (χ0) is 14.8. The molecule has 1 fully saturated rings. The number of fused-ring (bicyclic) bond motifs is 1. The van der Waals surface area contributed by atoms with Crippen molar-refractivity contribution in [3.63, 3.8) is 0 Å². The maximum Gasteiger partial charge on any atom is 0.163 e. The first-order valence-electron chi connectivity index (χ1n) is 8.50. The third-order valence-electron chi connectivity index (χ3n) is 5.12. The van der Waals surface area contributed by atoms with E-state index >= 15 is 0 Å². The highest BCUT2D eigenvalue weighted by atomic mass is 16.5. The molecule has 0 radical (unpaired) electrons. The van der Waals surface area contributed by atoms with Gasteiger partial charge in [-0.1, -0.05) is 36.8 Å². The molecule has 1 atom stereocenters. The number of benzene rings is 1. The van der Waals surface area contributed by atoms with Gasteiger partial charge in [-0.2, -0.15) is 0 Å². The lowest BCUT2D eigenvalue weighted by Crippen LogP contribution is -2.23. The van der Waals surface area contributed by atoms with Gasteiger partial charge in [0.1, 0.15) is 5.82 Å². The Balaban J connectivity index is 1.70. The summed E-state index contributed by atoms with van der Waals surface area (Å²) in [4.78, 5) is 0. The summed E-state index contributed by atoms with van der Waals surface area (Å²) in [5, 5.41) is 9.16. The van der Waals surface area contributed by atoms with Crippen LogP contribution >= 0.6 is 0 Å². The molecule has 0 spiro atoms. The summed E-state index contributed by atoms with van der Waals surface area (Å²) in [5.41, 5.74) is 1.17. The van der Waals surface area contributed by atoms with Gasteiger partial charge < -0.3 is 9.30 Å². The minimum Gasteiger partial charge on any atom is -0.381 e. The second-order valence-electron chi connectivity index (χ2n) is 6.45. The van der Waals surface area contributed by atoms with Crippen LogP contribution in [0.25, 0.3) is 11.4 Å². The molecule has 1 saturated heterocycles. The standard InChI is InChI=1S/C18H23N3O/c1-2-6-15(7-3-1)17-19-20-18-16(8-4-5-11-21(17)18)14-9-12-22-13-10-14/h1-3,6-7,14,16H,4-5,8-13H2. The largest absolute Gasteiger partial charge is 0.381 e. The van der Waals surface area contributed by atoms with Crippen LogP contribution in [0.1, 0.15) is 43.8 Å². The van der Waals surface area contributed by atoms with Gasteiger partial charge in [0.2, 0.25) is 0 Å². The zero-order valence-corrected chi connectivity index (χ0v) is 12.9. The van der Waals surface area contributed by atoms with E-state index < -0.39 is 0 Å². The maximum atomic E-state index is 5.54. The Morgan fingerprint density at radius 1 is 0.955 bits per heavy atom. The normalized spacial score (nSPS) is 23.0. The minimum absolute atomic E-state index is 0.552. The van der Waals surface area contributed by atoms with Crippen LogP contribution in [-0.2, 0) is 11.3 Å². The molecular weight excluding hydrogens is 274 g/mol. The van der Waals surface area contributed by atoms with Gasteiger partial charge in [0.15, 0.2) is 5.82 Å². The van der Waals surface area contributed by atoms with Crippen LogP contribution in [0.5, 0.6) is 0 Å². The van der Waals surface area contributed by atoms with Gasteiger partial charge in [0.05, 0.1) is 0 Å². The topological polar surface area (TPSA) is 39.9 Å². The molecule has 2 aliphatic heterocycles. The molecular formula is C18H23N3O. The fourth-order valence-corrected chi connectivity index (χ4v) is 3.94. The SMILES string of the molecule is c1ccc(-c2nnc3n2CCCCC3C2CCOCC2)cc1. The van der Waals surface area contributed by atoms with Gasteiger partial charge in [0, 0.05) is 31.2 Å². The van der Waals surface area contributed by atoms with E-state index in [4.69, 9.17) is 4.74 Å². The number of hydrogen-bond acceptors (Lipinski definition) is 3. The first kappa shape index (κ1) is 13.9. The Morgan fingerprint density at radius 3 is 2.59 bits per heavy atom. The van der Waals surface area contributed by atoms with Gasteiger partial charge in [-0.05, 0) is 31.6 Å². The van der Waals surface area contributed by atoms with E-state index in [-0.39, 0.29) is 0 Å². The van der Waals surface area contributed by atoms with E-state index in [0.29, 0.717) is 11.8 Å². The number of rotatable bonds is 2. The molecule has 1 aromatic carbocycles. The van der Waals surface area contributed by atoms with Crippen molar-refractivity contribution in [1.82, 2.24) is 14.8 Å². The summed E-state index contributed by atoms with van der Waals surface area (Å²) in [5.74, 6) is 3.51. The number of nitrogens with zero attached hydrogens (tertiary/aromatic N) is 3. The molecule has 0 bridgehead atoms. The van der Waals surface area contributed by atoms with E-state index in [9.17, 15) is 0 Å². The Kier molecular flexibility index (Phi) is 3.94. The lowest BCUT2D eigenvalue weighted by molar-refractivity contribution is 0.0556. The summed E-state index contributed by atoms with van der Waals surface area (Å²) in [7, 11) is 0. The lowest BCUT2D eigenvalue weighted by atomic mass is 9.82. The maximum absolute atomic E-state index is 5.54. The molecule has 0 amide bonds. The van der Waals surface area contributed by atoms with Crippen LogP contribution in [-0.4, -0.2) is 28.0 Å². The molecule has 4 rings (SSSR count). The van der Waals surface area contributed by atoms with E-state index in [1.54, 1.807) is 0 Å². The molecule has 116 valence electrons. The quantitative estimate of drug-likeness (QED) is 0.849. The van der Waals surface area contributed by atoms with Crippen LogP contribution in [0.2, 0.25) is 0 Å². The lowest BCUT2D eigenvalue weighted by Gasteiger charge is -2.28. The Labute approximate surface area is 131 Å². The zero-order valence-electron chi connectivity index (χ0n) is 12.9. The number of ether oxygens (including phenoxy) is 1. The highest BCUT2D eigenvalue weighted by Crippen LogP contribution is 2.38. The third-order valence-corrected chi connectivity index (χ3v) is 5.12. The van der Waals surface area contributed by atoms with Crippen LogP contribution in [0, 0.1) is 5.92 Å². The van der Waals surface area contributed by atoms with Crippen molar-refractivity contribution in [3.8, 4) is 11.4 Å². The Hall–Kier alpha value is -1.68. The van der Waals surface area contributed by atoms with Crippen molar-refractivity contribution < 1.29 is 4.74 Å². The van der Waals surface area contributed by atoms with E-state index in [2.05, 4.69) is 39.0 Å². The molecule has 1 unspecified atom stereocenters. The molecule has 0 saturated carbocycles. The molecule has 4 heteroatoms. The van der Waals surface area contributed by atoms with Crippen molar-refractivity contribution in [2.75, 3.05) is 13.2 Å². The number of hydrogen-bond donors (Lipinski definition) is 0. The summed E-state index contributed by atoms with van der Waals surface area (Å²) in [6, 6.07) is 10.5. The fraction of sp³-hybridized carbons (Fsp3) is 0.556. The van der Waals surface area contributed by atoms with Gasteiger partial charge in [0.25, 0.3) is 0 Å². The van der Waals surface area contributed by atoms with Crippen molar-refractivity contribution in [3.05, 3.63) is 36.2 Å². The van der Waals surface area contributed by atoms with Crippen molar-refractivity contribution >= 4 is 0 Å². The minimum atomic E-state index is 0.552. The average Bonchev–Trinajstić information content (AvgIpc) is 2.89. The molecule has 1 aromatic heterocycles. The van der Waals surface area contributed by atoms with E-state index in [0.717, 1.165) is 38.4 Å². The molecule has 22 heavy (non-hydrogen) atoms. The second-order valence-corrected chi connectivity index (χ2v) is 6.45. The predicted octanol–water partition coefficient (Wildman–Crippen LogP) is 3.64. The Morgan fingerprint density at radius 2 is 1.77 bits per heavy atom. The van der Waals surface area contributed by atoms with Crippen LogP contribution in [0.15, 0.2) is 30.3 Å². The van der Waals surface area contributed by atoms with Crippen molar-refractivity contribution in [1.29, 1.82) is 0 Å². The van der Waals surface area contributed by atoms with Gasteiger partial charge >= 0.3 is 0 Å². The average molecular weight is 297 g/mol. The van der Waals surface area contributed by atoms with Crippen LogP contribution in [0.4, 0.5) is 0 Å². The second kappa shape index (κ2) is 6.21. The number of aromatic nitrogens is 3. The van der Waals surface area contributed by atoms with Crippen molar-refractivity contribution in [2.24, 2.45) is 5.92 Å². The summed E-state index contributed by atoms with van der Waals surface area (Å²) in [6.07, 6.45) is 6.10. The summed E-state index contributed by atoms with van der Waals surface area (Å²) < 4.78 is 7.92. The smallest absolute Gasteiger partial charge is 0.163 e. The first-order valence-corrected chi connectivity index (χ1v) is 8.50. The van der Waals surface area contributed by atoms with Gasteiger partial charge in [-0.25, -0.2) is 0 Å². The monoisotopic (exact) mass is 297 g/mol. The van der Waals surface area contributed by atoms with Crippen LogP contribution < -0.4 is 0 Å². The molecule has 3 heterocycles. The highest BCUT2D eigenvalue weighted by Gasteiger charge is 2.31. The molecule has 0 aliphatic carbocycles. The highest BCUT2D eigenvalue weighted by molar-refractivity contribution is 5.55. The third kappa shape index (κ3) is 2.56. The van der Waals surface area contributed by atoms with Gasteiger partial charge in [-0.3, -0.25) is 0 Å². The molecule has 4 nitrogen and oxygen atoms in total. The predicted molar refractivity (Wildman–Crippen MR) is 85.6 cm³/mol. The molecule has 0 N–H and O–H groups in total. The van der Waals surface area contributed by atoms with Crippen molar-refractivity contribution in [2.45, 2.75) is 44.6 Å². The fourth-order valence-electron chi connectivity index (χ4n) is 3.94.